The van der Waals surface area contributed by atoms with Crippen LogP contribution in [-0.4, -0.2) is 22.5 Å². The number of sulfonamides is 1. The molecule has 0 saturated carbocycles. The van der Waals surface area contributed by atoms with Gasteiger partial charge in [0.05, 0.1) is 16.3 Å². The van der Waals surface area contributed by atoms with Crippen LogP contribution < -0.4 is 15.4 Å². The highest BCUT2D eigenvalue weighted by Crippen LogP contribution is 2.26. The third-order valence-electron chi connectivity index (χ3n) is 2.80. The van der Waals surface area contributed by atoms with Crippen molar-refractivity contribution >= 4 is 27.1 Å². The number of benzene rings is 2. The number of nitrogen functional groups attached to an aromatic ring is 1. The van der Waals surface area contributed by atoms with Crippen molar-refractivity contribution in [3.05, 3.63) is 48.5 Å². The summed E-state index contributed by atoms with van der Waals surface area (Å²) in [5, 5.41) is 0. The zero-order valence-electron chi connectivity index (χ0n) is 11.4. The van der Waals surface area contributed by atoms with Gasteiger partial charge in [0.15, 0.2) is 0 Å². The molecule has 5 nitrogen and oxygen atoms in total. The first-order chi connectivity index (χ1) is 9.40. The van der Waals surface area contributed by atoms with E-state index in [-0.39, 0.29) is 4.90 Å². The summed E-state index contributed by atoms with van der Waals surface area (Å²) < 4.78 is 27.3. The topological polar surface area (TPSA) is 75.4 Å². The molecule has 20 heavy (non-hydrogen) atoms. The summed E-state index contributed by atoms with van der Waals surface area (Å²) in [6.07, 6.45) is 0. The van der Waals surface area contributed by atoms with Crippen molar-refractivity contribution in [2.45, 2.75) is 4.90 Å². The lowest BCUT2D eigenvalue weighted by Crippen LogP contribution is -2.17. The predicted molar refractivity (Wildman–Crippen MR) is 82.4 cm³/mol. The summed E-state index contributed by atoms with van der Waals surface area (Å²) >= 11 is 0. The van der Waals surface area contributed by atoms with E-state index in [0.29, 0.717) is 11.4 Å². The number of nitrogens with two attached hydrogens (primary N) is 1. The van der Waals surface area contributed by atoms with Crippen molar-refractivity contribution in [2.24, 2.45) is 0 Å². The van der Waals surface area contributed by atoms with Crippen LogP contribution in [0.5, 0.6) is 0 Å². The Morgan fingerprint density at radius 2 is 1.75 bits per heavy atom. The summed E-state index contributed by atoms with van der Waals surface area (Å²) in [5.41, 5.74) is 7.36. The van der Waals surface area contributed by atoms with Gasteiger partial charge < -0.3 is 10.6 Å². The summed E-state index contributed by atoms with van der Waals surface area (Å²) in [4.78, 5) is 1.99. The largest absolute Gasteiger partial charge is 0.399 e. The number of nitrogens with one attached hydrogen (secondary N) is 1. The molecule has 0 amide bonds. The minimum absolute atomic E-state index is 0.144. The first-order valence-corrected chi connectivity index (χ1v) is 7.53. The van der Waals surface area contributed by atoms with Crippen molar-refractivity contribution in [3.8, 4) is 0 Å². The summed E-state index contributed by atoms with van der Waals surface area (Å²) in [6.45, 7) is 0. The fourth-order valence-corrected chi connectivity index (χ4v) is 2.96. The van der Waals surface area contributed by atoms with Crippen LogP contribution in [-0.2, 0) is 10.0 Å². The molecule has 0 spiro atoms. The predicted octanol–water partition coefficient (Wildman–Crippen LogP) is 2.14. The van der Waals surface area contributed by atoms with E-state index in [4.69, 9.17) is 5.73 Å². The van der Waals surface area contributed by atoms with Crippen LogP contribution in [0.1, 0.15) is 0 Å². The van der Waals surface area contributed by atoms with E-state index in [9.17, 15) is 8.42 Å². The Kier molecular flexibility index (Phi) is 3.85. The lowest BCUT2D eigenvalue weighted by atomic mass is 10.2. The molecule has 0 aromatic heterocycles. The van der Waals surface area contributed by atoms with Crippen molar-refractivity contribution in [1.82, 2.24) is 0 Å². The molecule has 0 atom stereocenters. The number of nitrogens with zero attached hydrogens (tertiary/aromatic N) is 1. The van der Waals surface area contributed by atoms with E-state index in [2.05, 4.69) is 4.72 Å². The normalized spacial score (nSPS) is 11.1. The molecule has 0 aliphatic carbocycles. The Balaban J connectivity index is 2.39. The van der Waals surface area contributed by atoms with Crippen molar-refractivity contribution in [1.29, 1.82) is 0 Å². The third-order valence-corrected chi connectivity index (χ3v) is 4.16. The minimum Gasteiger partial charge on any atom is -0.399 e. The molecule has 106 valence electrons. The van der Waals surface area contributed by atoms with E-state index in [1.165, 1.54) is 12.1 Å². The second kappa shape index (κ2) is 5.42. The van der Waals surface area contributed by atoms with Gasteiger partial charge in [-0.2, -0.15) is 0 Å². The van der Waals surface area contributed by atoms with Crippen LogP contribution in [0.4, 0.5) is 17.1 Å². The highest BCUT2D eigenvalue weighted by atomic mass is 32.2. The standard InChI is InChI=1S/C14H17N3O2S/c1-17(2)14-9-4-3-8-13(14)16-20(18,19)12-7-5-6-11(15)10-12/h3-10,16H,15H2,1-2H3. The maximum Gasteiger partial charge on any atom is 0.262 e. The lowest BCUT2D eigenvalue weighted by molar-refractivity contribution is 0.601. The van der Waals surface area contributed by atoms with Crippen LogP contribution in [0.3, 0.4) is 0 Å². The van der Waals surface area contributed by atoms with Gasteiger partial charge in [-0.3, -0.25) is 4.72 Å². The first-order valence-electron chi connectivity index (χ1n) is 6.05. The van der Waals surface area contributed by atoms with Crippen LogP contribution in [0.15, 0.2) is 53.4 Å². The molecular formula is C14H17N3O2S. The molecule has 0 radical (unpaired) electrons. The van der Waals surface area contributed by atoms with Crippen LogP contribution in [0.2, 0.25) is 0 Å². The molecule has 0 saturated heterocycles. The number of rotatable bonds is 4. The van der Waals surface area contributed by atoms with E-state index in [1.807, 2.05) is 31.1 Å². The fraction of sp³-hybridized carbons (Fsp3) is 0.143. The van der Waals surface area contributed by atoms with E-state index < -0.39 is 10.0 Å². The third kappa shape index (κ3) is 3.03. The van der Waals surface area contributed by atoms with E-state index in [0.717, 1.165) is 5.69 Å². The number of hydrogen-bond acceptors (Lipinski definition) is 4. The Bertz CT molecular complexity index is 712. The van der Waals surface area contributed by atoms with Crippen LogP contribution in [0.25, 0.3) is 0 Å². The van der Waals surface area contributed by atoms with Gasteiger partial charge in [0.2, 0.25) is 0 Å². The van der Waals surface area contributed by atoms with Crippen LogP contribution >= 0.6 is 0 Å². The van der Waals surface area contributed by atoms with Gasteiger partial charge in [0.1, 0.15) is 0 Å². The molecule has 0 fully saturated rings. The molecule has 2 rings (SSSR count). The minimum atomic E-state index is -3.65. The van der Waals surface area contributed by atoms with Crippen molar-refractivity contribution in [3.63, 3.8) is 0 Å². The monoisotopic (exact) mass is 291 g/mol. The van der Waals surface area contributed by atoms with Gasteiger partial charge in [-0.15, -0.1) is 0 Å². The number of para-hydroxylation sites is 2. The Hall–Kier alpha value is -2.21. The fourth-order valence-electron chi connectivity index (χ4n) is 1.84. The average Bonchev–Trinajstić information content (AvgIpc) is 2.38. The highest BCUT2D eigenvalue weighted by molar-refractivity contribution is 7.92. The van der Waals surface area contributed by atoms with Gasteiger partial charge in [0, 0.05) is 19.8 Å². The zero-order chi connectivity index (χ0) is 14.8. The maximum absolute atomic E-state index is 12.3. The Labute approximate surface area is 119 Å². The van der Waals surface area contributed by atoms with Crippen molar-refractivity contribution in [2.75, 3.05) is 29.5 Å². The van der Waals surface area contributed by atoms with Crippen molar-refractivity contribution < 1.29 is 8.42 Å². The Morgan fingerprint density at radius 3 is 2.40 bits per heavy atom. The summed E-state index contributed by atoms with van der Waals surface area (Å²) in [7, 11) is 0.0611. The average molecular weight is 291 g/mol. The van der Waals surface area contributed by atoms with Gasteiger partial charge in [-0.25, -0.2) is 8.42 Å². The summed E-state index contributed by atoms with van der Waals surface area (Å²) in [6, 6.07) is 13.4. The highest BCUT2D eigenvalue weighted by Gasteiger charge is 2.16. The lowest BCUT2D eigenvalue weighted by Gasteiger charge is -2.18. The molecular weight excluding hydrogens is 274 g/mol. The second-order valence-corrected chi connectivity index (χ2v) is 6.27. The number of hydrogen-bond donors (Lipinski definition) is 2. The zero-order valence-corrected chi connectivity index (χ0v) is 12.2. The van der Waals surface area contributed by atoms with Crippen LogP contribution in [0, 0.1) is 0 Å². The molecule has 0 aliphatic rings. The molecule has 2 aromatic carbocycles. The molecule has 0 aliphatic heterocycles. The second-order valence-electron chi connectivity index (χ2n) is 4.59. The Morgan fingerprint density at radius 1 is 1.05 bits per heavy atom. The SMILES string of the molecule is CN(C)c1ccccc1NS(=O)(=O)c1cccc(N)c1. The molecule has 6 heteroatoms. The molecule has 0 unspecified atom stereocenters. The smallest absolute Gasteiger partial charge is 0.262 e. The van der Waals surface area contributed by atoms with E-state index in [1.54, 1.807) is 24.3 Å². The first kappa shape index (κ1) is 14.2. The summed E-state index contributed by atoms with van der Waals surface area (Å²) in [5.74, 6) is 0. The quantitative estimate of drug-likeness (QED) is 0.846. The van der Waals surface area contributed by atoms with Gasteiger partial charge >= 0.3 is 0 Å². The maximum atomic E-state index is 12.3. The van der Waals surface area contributed by atoms with Gasteiger partial charge in [0.25, 0.3) is 10.0 Å². The molecule has 0 heterocycles. The molecule has 3 N–H and O–H groups in total. The molecule has 2 aromatic rings. The number of anilines is 3. The van der Waals surface area contributed by atoms with E-state index >= 15 is 0 Å². The van der Waals surface area contributed by atoms with Gasteiger partial charge in [-0.1, -0.05) is 18.2 Å². The van der Waals surface area contributed by atoms with Gasteiger partial charge in [-0.05, 0) is 30.3 Å². The molecule has 0 bridgehead atoms.